The first-order valence-corrected chi connectivity index (χ1v) is 39.7. The second-order valence-corrected chi connectivity index (χ2v) is 35.2. The molecule has 0 unspecified atom stereocenters. The molecule has 0 spiro atoms. The Kier molecular flexibility index (Phi) is 28.2. The van der Waals surface area contributed by atoms with Gasteiger partial charge in [-0.1, -0.05) is 95.2 Å². The second-order valence-electron chi connectivity index (χ2n) is 35.2. The highest BCUT2D eigenvalue weighted by Gasteiger charge is 2.40. The van der Waals surface area contributed by atoms with Crippen LogP contribution in [-0.2, 0) is 46.6 Å². The number of carboxylic acids is 3. The van der Waals surface area contributed by atoms with Crippen molar-refractivity contribution in [1.82, 2.24) is 14.5 Å². The number of fused-ring (bicyclic) bond motifs is 9. The number of aliphatic hydroxyl groups is 1. The first-order valence-electron chi connectivity index (χ1n) is 39.7. The number of ether oxygens (including phenoxy) is 3. The number of Topliss-reactive ketones (excluding diaryl/α,β-unsaturated/α-hetero) is 6. The second kappa shape index (κ2) is 37.0. The Labute approximate surface area is 687 Å². The predicted octanol–water partition coefficient (Wildman–Crippen LogP) is 19.3. The molecule has 15 rings (SSSR count). The van der Waals surface area contributed by atoms with Crippen LogP contribution in [0.3, 0.4) is 0 Å². The van der Waals surface area contributed by atoms with Crippen LogP contribution < -0.4 is 15.9 Å². The van der Waals surface area contributed by atoms with Gasteiger partial charge >= 0.3 is 29.8 Å². The number of carbonyl (C=O) groups excluding carboxylic acids is 8. The molecular weight excluding hydrogens is 1500 g/mol. The number of carboxylic acid groups (broad SMARTS) is 3. The van der Waals surface area contributed by atoms with E-state index in [4.69, 9.17) is 40.4 Å². The number of nitrogens with zero attached hydrogens (tertiary/aromatic N) is 2. The highest BCUT2D eigenvalue weighted by molar-refractivity contribution is 6.40. The van der Waals surface area contributed by atoms with Gasteiger partial charge in [0.15, 0.2) is 28.9 Å². The largest absolute Gasteiger partial charge is 0.515 e. The molecule has 0 atom stereocenters. The lowest BCUT2D eigenvalue weighted by Crippen LogP contribution is -2.30. The van der Waals surface area contributed by atoms with E-state index in [2.05, 4.69) is 108 Å². The number of anilines is 2. The fourth-order valence-corrected chi connectivity index (χ4v) is 15.7. The zero-order valence-corrected chi connectivity index (χ0v) is 70.2. The molecule has 624 valence electrons. The number of aliphatic hydroxyl groups excluding tert-OH is 1. The smallest absolute Gasteiger partial charge is 0.337 e. The molecule has 6 aliphatic rings. The van der Waals surface area contributed by atoms with Crippen molar-refractivity contribution in [2.24, 2.45) is 21.3 Å². The number of H-pyrrole nitrogens is 2. The maximum Gasteiger partial charge on any atom is 0.337 e. The minimum Gasteiger partial charge on any atom is -0.515 e. The number of methoxy groups -OCH3 is 3. The zero-order valence-electron chi connectivity index (χ0n) is 70.2. The lowest BCUT2D eigenvalue weighted by Gasteiger charge is -2.30. The van der Waals surface area contributed by atoms with E-state index in [0.29, 0.717) is 108 Å². The molecule has 6 aromatic carbocycles. The Morgan fingerprint density at radius 3 is 1.35 bits per heavy atom. The number of aromatic amines is 2. The topological polar surface area (TPSA) is 383 Å². The summed E-state index contributed by atoms with van der Waals surface area (Å²) >= 11 is 0. The average Bonchev–Trinajstić information content (AvgIpc) is 1.58. The summed E-state index contributed by atoms with van der Waals surface area (Å²) in [6.45, 7) is 26.3. The molecule has 3 fully saturated rings. The third-order valence-corrected chi connectivity index (χ3v) is 23.0. The Hall–Kier alpha value is -12.1. The molecular formula is C94H110N6O18. The number of nitrogens with two attached hydrogens (primary N) is 1. The number of hydrogen-bond donors (Lipinski definition) is 8. The summed E-state index contributed by atoms with van der Waals surface area (Å²) in [4.78, 5) is 133. The van der Waals surface area contributed by atoms with Crippen molar-refractivity contribution in [3.05, 3.63) is 206 Å². The van der Waals surface area contributed by atoms with E-state index in [0.717, 1.165) is 130 Å². The van der Waals surface area contributed by atoms with E-state index in [1.807, 2.05) is 48.5 Å². The number of nitrogen functional groups attached to an aromatic ring is 1. The first-order chi connectivity index (χ1) is 55.4. The minimum atomic E-state index is -0.966. The molecule has 9 N–H and O–H groups in total. The van der Waals surface area contributed by atoms with Crippen molar-refractivity contribution in [3.8, 4) is 5.75 Å². The van der Waals surface area contributed by atoms with Crippen LogP contribution in [0.4, 0.5) is 11.4 Å². The fourth-order valence-electron chi connectivity index (χ4n) is 15.7. The summed E-state index contributed by atoms with van der Waals surface area (Å²) in [6.07, 6.45) is 13.1. The molecule has 3 saturated carbocycles. The van der Waals surface area contributed by atoms with Gasteiger partial charge in [-0.05, 0) is 221 Å². The summed E-state index contributed by atoms with van der Waals surface area (Å²) in [5.41, 5.74) is 21.5. The molecule has 24 nitrogen and oxygen atoms in total. The third-order valence-electron chi connectivity index (χ3n) is 23.0. The number of hydrogen-bond acceptors (Lipinski definition) is 18. The normalized spacial score (nSPS) is 18.2. The van der Waals surface area contributed by atoms with E-state index in [1.165, 1.54) is 38.5 Å². The van der Waals surface area contributed by atoms with Crippen molar-refractivity contribution >= 4 is 114 Å². The molecule has 3 heterocycles. The monoisotopic (exact) mass is 1610 g/mol. The summed E-state index contributed by atoms with van der Waals surface area (Å²) in [5.74, 6) is -1.72. The van der Waals surface area contributed by atoms with Crippen LogP contribution in [0.2, 0.25) is 0 Å². The SMILES string of the molecule is CC1(C)CCC(=O)/C(=C\O)C1.CC1(C)CCC(=O)/C(=N\Nc2ccc(C(=O)O)cc2)C1.CC1(C)CCC(=O)CC1.CC1(C)CCC(=O)c2[nH]c3ccc(C(=O)O)cc3c21.COC(=O)c1ccc2[nH]c3c(c2c1)C(C)(C)CCC3=O.COC(=O)c1ccc2c(c1)c1c(n2Cc2ccc(OC)cc2)C(=O)CCC1(C)C.Nc1ccc(C(=O)O)cc1. The quantitative estimate of drug-likeness (QED) is 0.0207. The molecule has 24 heteroatoms. The van der Waals surface area contributed by atoms with Crippen molar-refractivity contribution in [1.29, 1.82) is 0 Å². The van der Waals surface area contributed by atoms with Crippen LogP contribution >= 0.6 is 0 Å². The van der Waals surface area contributed by atoms with Crippen molar-refractivity contribution in [2.75, 3.05) is 32.5 Å². The number of benzene rings is 6. The van der Waals surface area contributed by atoms with Gasteiger partial charge in [-0.3, -0.25) is 34.2 Å². The highest BCUT2D eigenvalue weighted by atomic mass is 16.5. The summed E-state index contributed by atoms with van der Waals surface area (Å²) in [5, 5.41) is 42.0. The minimum absolute atomic E-state index is 0.0732. The predicted molar refractivity (Wildman–Crippen MR) is 456 cm³/mol. The maximum atomic E-state index is 13.0. The van der Waals surface area contributed by atoms with Crippen LogP contribution in [0.5, 0.6) is 5.75 Å². The van der Waals surface area contributed by atoms with Gasteiger partial charge in [0.05, 0.1) is 78.2 Å². The molecule has 0 radical (unpaired) electrons. The molecule has 0 aliphatic heterocycles. The van der Waals surface area contributed by atoms with Crippen LogP contribution in [0.25, 0.3) is 32.7 Å². The Morgan fingerprint density at radius 2 is 0.881 bits per heavy atom. The van der Waals surface area contributed by atoms with Gasteiger partial charge in [0.2, 0.25) is 0 Å². The standard InChI is InChI=1S/C24H25NO4.C16H17NO3.C15H18N2O3.C15H15NO3.C9H14O2.C8H14O.C7H7NO2/c1-24(2)12-11-20(26)22-21(24)18-13-16(23(27)29-4)7-10-19(18)25(22)14-15-5-8-17(28-3)9-6-15;1-16(2)7-6-12(18)14-13(16)10-8-9(15(19)20-3)4-5-11(10)17-14;1-15(2)8-7-13(18)12(9-15)17-16-11-5-3-10(4-6-11)14(19)20;1-15(2)6-5-11(17)13-12(15)9-7-8(14(18)19)3-4-10(9)16-13;1-9(2)4-3-8(11)7(5-9)6-10;1-8(2)5-3-7(9)4-6-8;8-6-3-1-5(2-4-6)7(9)10/h5-10,13H,11-12,14H2,1-4H3;4-5,8,17H,6-7H2,1-3H3;3-6,16H,7-9H2,1-2H3,(H,19,20);3-4,7,16H,5-6H2,1-2H3,(H,18,19);6,10H,3-5H2,1-2H3;3-6H2,1-2H3;1-4H,8H2,(H,9,10)/b;;17-12-;;7-6-;;. The van der Waals surface area contributed by atoms with E-state index in [-0.39, 0.29) is 84.6 Å². The number of ketones is 6. The van der Waals surface area contributed by atoms with Crippen molar-refractivity contribution < 1.29 is 87.4 Å². The molecule has 9 aromatic rings. The third kappa shape index (κ3) is 22.0. The molecule has 3 aromatic heterocycles. The molecule has 0 bridgehead atoms. The average molecular weight is 1610 g/mol. The number of aromatic nitrogens is 3. The summed E-state index contributed by atoms with van der Waals surface area (Å²) < 4.78 is 17.0. The van der Waals surface area contributed by atoms with E-state index >= 15 is 0 Å². The number of hydrazone groups is 1. The van der Waals surface area contributed by atoms with Crippen LogP contribution in [-0.4, -0.2) is 127 Å². The Balaban J connectivity index is 0.000000162. The van der Waals surface area contributed by atoms with Crippen LogP contribution in [0.1, 0.15) is 291 Å². The Morgan fingerprint density at radius 1 is 0.466 bits per heavy atom. The molecule has 0 saturated heterocycles. The molecule has 0 amide bonds. The van der Waals surface area contributed by atoms with Crippen LogP contribution in [0, 0.1) is 16.2 Å². The van der Waals surface area contributed by atoms with Gasteiger partial charge in [0, 0.05) is 102 Å². The van der Waals surface area contributed by atoms with E-state index in [1.54, 1.807) is 61.7 Å². The Bertz CT molecular complexity index is 5390. The zero-order chi connectivity index (χ0) is 86.7. The van der Waals surface area contributed by atoms with Crippen molar-refractivity contribution in [3.63, 3.8) is 0 Å². The number of rotatable bonds is 10. The van der Waals surface area contributed by atoms with Gasteiger partial charge in [0.25, 0.3) is 0 Å². The molecule has 6 aliphatic carbocycles. The lowest BCUT2D eigenvalue weighted by molar-refractivity contribution is -0.122. The van der Waals surface area contributed by atoms with Crippen molar-refractivity contribution in [2.45, 2.75) is 209 Å². The highest BCUT2D eigenvalue weighted by Crippen LogP contribution is 2.46. The van der Waals surface area contributed by atoms with Gasteiger partial charge in [-0.15, -0.1) is 0 Å². The number of carbonyl (C=O) groups is 11. The number of aromatic carboxylic acids is 3. The van der Waals surface area contributed by atoms with Gasteiger partial charge in [-0.2, -0.15) is 5.10 Å². The first kappa shape index (κ1) is 89.8. The molecule has 118 heavy (non-hydrogen) atoms. The maximum absolute atomic E-state index is 13.0. The number of nitrogens with one attached hydrogen (secondary N) is 3. The van der Waals surface area contributed by atoms with Crippen LogP contribution in [0.15, 0.2) is 144 Å². The van der Waals surface area contributed by atoms with Gasteiger partial charge in [-0.25, -0.2) is 24.0 Å². The van der Waals surface area contributed by atoms with Gasteiger partial charge < -0.3 is 54.9 Å². The number of esters is 2. The lowest BCUT2D eigenvalue weighted by atomic mass is 9.73. The van der Waals surface area contributed by atoms with Gasteiger partial charge in [0.1, 0.15) is 17.2 Å². The summed E-state index contributed by atoms with van der Waals surface area (Å²) in [6, 6.07) is 36.1. The van der Waals surface area contributed by atoms with E-state index < -0.39 is 17.9 Å². The number of allylic oxidation sites excluding steroid dienone is 1. The summed E-state index contributed by atoms with van der Waals surface area (Å²) in [7, 11) is 4.39. The van der Waals surface area contributed by atoms with E-state index in [9.17, 15) is 52.7 Å². The fraction of sp³-hybridized carbons (Fsp3) is 0.404.